The third kappa shape index (κ3) is 5.55. The number of amides is 1. The van der Waals surface area contributed by atoms with Crippen molar-refractivity contribution in [2.24, 2.45) is 0 Å². The number of anilines is 1. The molecule has 0 unspecified atom stereocenters. The van der Waals surface area contributed by atoms with Gasteiger partial charge >= 0.3 is 6.18 Å². The van der Waals surface area contributed by atoms with Gasteiger partial charge in [-0.1, -0.05) is 0 Å². The van der Waals surface area contributed by atoms with Crippen molar-refractivity contribution in [3.8, 4) is 5.88 Å². The second-order valence-electron chi connectivity index (χ2n) is 9.70. The Morgan fingerprint density at radius 1 is 1.06 bits per heavy atom. The molecule has 2 saturated heterocycles. The summed E-state index contributed by atoms with van der Waals surface area (Å²) in [6.07, 6.45) is 0.760. The van der Waals surface area contributed by atoms with E-state index in [-0.39, 0.29) is 34.8 Å². The second kappa shape index (κ2) is 9.00. The van der Waals surface area contributed by atoms with Crippen LogP contribution in [0.1, 0.15) is 45.1 Å². The third-order valence-electron chi connectivity index (χ3n) is 6.60. The predicted octanol–water partition coefficient (Wildman–Crippen LogP) is 3.98. The SMILES string of the molecule is CC(C)(Oc1ccc(C(F)(F)F)cn1)C(=O)N[C@H]1C[C@H]2CC[C@@H](C1)N2c1ccc(S(C)(=O)=O)cc1. The van der Waals surface area contributed by atoms with Crippen LogP contribution in [0.3, 0.4) is 0 Å². The quantitative estimate of drug-likeness (QED) is 0.631. The number of aromatic nitrogens is 1. The van der Waals surface area contributed by atoms with Crippen molar-refractivity contribution < 1.29 is 31.1 Å². The van der Waals surface area contributed by atoms with Crippen molar-refractivity contribution in [2.45, 2.75) is 74.3 Å². The number of alkyl halides is 3. The van der Waals surface area contributed by atoms with Crippen LogP contribution in [0.4, 0.5) is 18.9 Å². The lowest BCUT2D eigenvalue weighted by molar-refractivity contribution is -0.138. The maximum atomic E-state index is 13.0. The summed E-state index contributed by atoms with van der Waals surface area (Å²) in [7, 11) is -3.26. The minimum absolute atomic E-state index is 0.0643. The Morgan fingerprint density at radius 3 is 2.14 bits per heavy atom. The summed E-state index contributed by atoms with van der Waals surface area (Å²) < 4.78 is 67.3. The fourth-order valence-corrected chi connectivity index (χ4v) is 5.49. The maximum Gasteiger partial charge on any atom is 0.417 e. The minimum atomic E-state index is -4.50. The topological polar surface area (TPSA) is 88.6 Å². The monoisotopic (exact) mass is 511 g/mol. The summed E-state index contributed by atoms with van der Waals surface area (Å²) in [6.45, 7) is 3.10. The van der Waals surface area contributed by atoms with Crippen molar-refractivity contribution in [1.29, 1.82) is 0 Å². The number of nitrogens with zero attached hydrogens (tertiary/aromatic N) is 2. The Balaban J connectivity index is 1.38. The zero-order valence-corrected chi connectivity index (χ0v) is 20.5. The van der Waals surface area contributed by atoms with E-state index in [2.05, 4.69) is 15.2 Å². The highest BCUT2D eigenvalue weighted by atomic mass is 32.2. The van der Waals surface area contributed by atoms with E-state index in [4.69, 9.17) is 4.74 Å². The largest absolute Gasteiger partial charge is 0.462 e. The number of sulfone groups is 1. The molecule has 1 N–H and O–H groups in total. The van der Waals surface area contributed by atoms with Crippen LogP contribution in [-0.2, 0) is 20.8 Å². The number of hydrogen-bond acceptors (Lipinski definition) is 6. The zero-order valence-electron chi connectivity index (χ0n) is 19.7. The Labute approximate surface area is 202 Å². The molecule has 2 aliphatic heterocycles. The average molecular weight is 512 g/mol. The van der Waals surface area contributed by atoms with Gasteiger partial charge in [-0.25, -0.2) is 13.4 Å². The number of fused-ring (bicyclic) bond motifs is 2. The van der Waals surface area contributed by atoms with Crippen LogP contribution in [0.15, 0.2) is 47.5 Å². The first kappa shape index (κ1) is 25.3. The van der Waals surface area contributed by atoms with E-state index >= 15 is 0 Å². The lowest BCUT2D eigenvalue weighted by atomic mass is 9.95. The molecule has 2 bridgehead atoms. The van der Waals surface area contributed by atoms with Crippen molar-refractivity contribution in [3.63, 3.8) is 0 Å². The van der Waals surface area contributed by atoms with Crippen molar-refractivity contribution in [3.05, 3.63) is 48.2 Å². The van der Waals surface area contributed by atoms with Gasteiger partial charge in [0.25, 0.3) is 5.91 Å². The van der Waals surface area contributed by atoms with Gasteiger partial charge in [-0.3, -0.25) is 4.79 Å². The number of pyridine rings is 1. The van der Waals surface area contributed by atoms with Gasteiger partial charge in [0.1, 0.15) is 0 Å². The van der Waals surface area contributed by atoms with Crippen LogP contribution in [0.25, 0.3) is 0 Å². The van der Waals surface area contributed by atoms with E-state index in [1.165, 1.54) is 6.26 Å². The molecule has 0 radical (unpaired) electrons. The standard InChI is InChI=1S/C24H28F3N3O4S/c1-23(2,34-21-11-4-15(14-28-21)24(25,26)27)22(31)29-16-12-18-5-6-19(13-16)30(18)17-7-9-20(10-8-17)35(3,32)33/h4,7-11,14,16,18-19H,5-6,12-13H2,1-3H3,(H,29,31)/t16-,18+,19-. The number of nitrogens with one attached hydrogen (secondary N) is 1. The van der Waals surface area contributed by atoms with E-state index in [1.54, 1.807) is 26.0 Å². The molecule has 2 fully saturated rings. The normalized spacial score (nSPS) is 22.7. The fourth-order valence-electron chi connectivity index (χ4n) is 4.86. The lowest BCUT2D eigenvalue weighted by Crippen LogP contribution is -2.55. The van der Waals surface area contributed by atoms with E-state index < -0.39 is 27.2 Å². The molecule has 2 aromatic rings. The summed E-state index contributed by atoms with van der Waals surface area (Å²) >= 11 is 0. The molecule has 0 spiro atoms. The van der Waals surface area contributed by atoms with Crippen LogP contribution >= 0.6 is 0 Å². The Bertz CT molecular complexity index is 1170. The molecule has 1 amide bonds. The second-order valence-corrected chi connectivity index (χ2v) is 11.7. The van der Waals surface area contributed by atoms with Gasteiger partial charge in [0.2, 0.25) is 5.88 Å². The maximum absolute atomic E-state index is 13.0. The first-order valence-electron chi connectivity index (χ1n) is 11.4. The number of carbonyl (C=O) groups excluding carboxylic acids is 1. The van der Waals surface area contributed by atoms with E-state index in [0.717, 1.165) is 43.5 Å². The van der Waals surface area contributed by atoms with Crippen molar-refractivity contribution >= 4 is 21.4 Å². The molecule has 11 heteroatoms. The van der Waals surface area contributed by atoms with Gasteiger partial charge in [0.15, 0.2) is 15.4 Å². The summed E-state index contributed by atoms with van der Waals surface area (Å²) in [5.41, 5.74) is -1.25. The number of benzene rings is 1. The van der Waals surface area contributed by atoms with Crippen LogP contribution in [0.2, 0.25) is 0 Å². The number of piperidine rings is 1. The first-order chi connectivity index (χ1) is 16.2. The first-order valence-corrected chi connectivity index (χ1v) is 13.2. The number of hydrogen-bond donors (Lipinski definition) is 1. The molecule has 0 aliphatic carbocycles. The Morgan fingerprint density at radius 2 is 1.66 bits per heavy atom. The summed E-state index contributed by atoms with van der Waals surface area (Å²) in [6, 6.07) is 9.21. The van der Waals surface area contributed by atoms with Crippen molar-refractivity contribution in [1.82, 2.24) is 10.3 Å². The highest BCUT2D eigenvalue weighted by molar-refractivity contribution is 7.90. The number of halogens is 3. The summed E-state index contributed by atoms with van der Waals surface area (Å²) in [5.74, 6) is -0.430. The smallest absolute Gasteiger partial charge is 0.417 e. The molecule has 3 heterocycles. The van der Waals surface area contributed by atoms with Crippen LogP contribution in [-0.4, -0.2) is 49.3 Å². The van der Waals surface area contributed by atoms with Gasteiger partial charge < -0.3 is 15.0 Å². The molecule has 3 atom stereocenters. The van der Waals surface area contributed by atoms with Crippen LogP contribution < -0.4 is 15.0 Å². The third-order valence-corrected chi connectivity index (χ3v) is 7.73. The van der Waals surface area contributed by atoms with Crippen molar-refractivity contribution in [2.75, 3.05) is 11.2 Å². The number of ether oxygens (including phenoxy) is 1. The van der Waals surface area contributed by atoms with Gasteiger partial charge in [0.05, 0.1) is 10.5 Å². The molecule has 0 saturated carbocycles. The van der Waals surface area contributed by atoms with Gasteiger partial charge in [-0.05, 0) is 69.9 Å². The molecular formula is C24H28F3N3O4S. The summed E-state index contributed by atoms with van der Waals surface area (Å²) in [4.78, 5) is 19.2. The Kier molecular flexibility index (Phi) is 6.50. The zero-order chi connectivity index (χ0) is 25.6. The predicted molar refractivity (Wildman–Crippen MR) is 124 cm³/mol. The fraction of sp³-hybridized carbons (Fsp3) is 0.500. The molecule has 1 aromatic carbocycles. The average Bonchev–Trinajstić information content (AvgIpc) is 3.03. The minimum Gasteiger partial charge on any atom is -0.462 e. The molecule has 7 nitrogen and oxygen atoms in total. The molecule has 190 valence electrons. The van der Waals surface area contributed by atoms with Crippen LogP contribution in [0.5, 0.6) is 5.88 Å². The van der Waals surface area contributed by atoms with Gasteiger partial charge in [0, 0.05) is 42.3 Å². The Hall–Kier alpha value is -2.82. The number of carbonyl (C=O) groups is 1. The van der Waals surface area contributed by atoms with E-state index in [1.807, 2.05) is 12.1 Å². The molecular weight excluding hydrogens is 483 g/mol. The van der Waals surface area contributed by atoms with Gasteiger partial charge in [-0.15, -0.1) is 0 Å². The molecule has 1 aromatic heterocycles. The molecule has 35 heavy (non-hydrogen) atoms. The highest BCUT2D eigenvalue weighted by Crippen LogP contribution is 2.40. The molecule has 2 aliphatic rings. The van der Waals surface area contributed by atoms with E-state index in [9.17, 15) is 26.4 Å². The highest BCUT2D eigenvalue weighted by Gasteiger charge is 2.43. The summed E-state index contributed by atoms with van der Waals surface area (Å²) in [5, 5.41) is 3.04. The lowest BCUT2D eigenvalue weighted by Gasteiger charge is -2.41. The van der Waals surface area contributed by atoms with Gasteiger partial charge in [-0.2, -0.15) is 13.2 Å². The van der Waals surface area contributed by atoms with Crippen LogP contribution in [0, 0.1) is 0 Å². The molecule has 4 rings (SSSR count). The number of rotatable bonds is 6. The van der Waals surface area contributed by atoms with E-state index in [0.29, 0.717) is 6.20 Å².